The van der Waals surface area contributed by atoms with Crippen LogP contribution in [0.4, 0.5) is 13.2 Å². The number of thiazole rings is 1. The molecule has 0 aliphatic rings. The van der Waals surface area contributed by atoms with E-state index in [1.54, 1.807) is 12.1 Å². The first-order valence-electron chi connectivity index (χ1n) is 7.92. The van der Waals surface area contributed by atoms with Gasteiger partial charge in [0.1, 0.15) is 5.75 Å². The topological polar surface area (TPSA) is 90.7 Å². The molecule has 0 radical (unpaired) electrons. The van der Waals surface area contributed by atoms with Gasteiger partial charge in [-0.1, -0.05) is 12.1 Å². The van der Waals surface area contributed by atoms with Crippen LogP contribution in [-0.4, -0.2) is 27.4 Å². The Hall–Kier alpha value is -3.08. The second-order valence-electron chi connectivity index (χ2n) is 5.48. The van der Waals surface area contributed by atoms with E-state index in [0.717, 1.165) is 10.1 Å². The number of nitrogens with zero attached hydrogens (tertiary/aromatic N) is 2. The first-order valence-corrected chi connectivity index (χ1v) is 8.80. The lowest BCUT2D eigenvalue weighted by Crippen LogP contribution is -2.32. The van der Waals surface area contributed by atoms with Crippen molar-refractivity contribution in [1.29, 1.82) is 0 Å². The molecule has 0 spiro atoms. The van der Waals surface area contributed by atoms with E-state index in [1.807, 2.05) is 0 Å². The number of aromatic hydroxyl groups is 1. The van der Waals surface area contributed by atoms with Crippen molar-refractivity contribution in [2.45, 2.75) is 19.7 Å². The van der Waals surface area contributed by atoms with E-state index in [4.69, 9.17) is 9.57 Å². The highest BCUT2D eigenvalue weighted by Gasteiger charge is 2.34. The Morgan fingerprint density at radius 2 is 2.04 bits per heavy atom. The molecule has 3 aromatic rings. The quantitative estimate of drug-likeness (QED) is 0.646. The summed E-state index contributed by atoms with van der Waals surface area (Å²) in [6, 6.07) is 6.04. The summed E-state index contributed by atoms with van der Waals surface area (Å²) < 4.78 is 43.5. The van der Waals surface area contributed by atoms with Crippen molar-refractivity contribution in [3.63, 3.8) is 0 Å². The second kappa shape index (κ2) is 7.50. The lowest BCUT2D eigenvalue weighted by molar-refractivity contribution is -0.137. The molecule has 0 atom stereocenters. The number of halogens is 3. The van der Waals surface area contributed by atoms with Crippen LogP contribution in [0, 0.1) is 0 Å². The predicted octanol–water partition coefficient (Wildman–Crippen LogP) is 2.99. The fourth-order valence-corrected chi connectivity index (χ4v) is 3.12. The molecule has 2 aromatic heterocycles. The number of hydrogen-bond acceptors (Lipinski definition) is 7. The zero-order valence-corrected chi connectivity index (χ0v) is 15.1. The van der Waals surface area contributed by atoms with Crippen molar-refractivity contribution < 1.29 is 32.6 Å². The summed E-state index contributed by atoms with van der Waals surface area (Å²) in [6.07, 6.45) is -4.58. The van der Waals surface area contributed by atoms with Gasteiger partial charge in [0.15, 0.2) is 17.2 Å². The molecule has 0 fully saturated rings. The van der Waals surface area contributed by atoms with E-state index < -0.39 is 40.6 Å². The lowest BCUT2D eigenvalue weighted by Gasteiger charge is -2.14. The summed E-state index contributed by atoms with van der Waals surface area (Å²) >= 11 is 0.399. The van der Waals surface area contributed by atoms with Gasteiger partial charge in [0.05, 0.1) is 17.8 Å². The number of benzene rings is 1. The third-order valence-electron chi connectivity index (χ3n) is 3.63. The van der Waals surface area contributed by atoms with Crippen molar-refractivity contribution in [3.8, 4) is 5.75 Å². The molecule has 7 nitrogen and oxygen atoms in total. The molecule has 28 heavy (non-hydrogen) atoms. The number of hydrogen-bond donors (Lipinski definition) is 1. The first-order chi connectivity index (χ1) is 13.2. The van der Waals surface area contributed by atoms with Crippen LogP contribution in [-0.2, 0) is 17.5 Å². The number of esters is 1. The van der Waals surface area contributed by atoms with Crippen molar-refractivity contribution in [3.05, 3.63) is 56.3 Å². The standard InChI is InChI=1S/C17H13F3N2O5S/c1-2-26-15(25)12-13(23)10-5-3-4-6-11(10)22(14(12)24)27-7-9-8-28-16(21-9)17(18,19)20/h3-6,8,23H,2,7H2,1H3. The first kappa shape index (κ1) is 19.7. The molecule has 0 saturated heterocycles. The van der Waals surface area contributed by atoms with Gasteiger partial charge in [0, 0.05) is 10.8 Å². The highest BCUT2D eigenvalue weighted by Crippen LogP contribution is 2.31. The smallest absolute Gasteiger partial charge is 0.443 e. The number of para-hydroxylation sites is 1. The van der Waals surface area contributed by atoms with Gasteiger partial charge in [-0.15, -0.1) is 16.1 Å². The van der Waals surface area contributed by atoms with Gasteiger partial charge in [0.2, 0.25) is 0 Å². The molecular formula is C17H13F3N2O5S. The maximum atomic E-state index is 12.7. The van der Waals surface area contributed by atoms with E-state index in [2.05, 4.69) is 4.98 Å². The summed E-state index contributed by atoms with van der Waals surface area (Å²) in [6.45, 7) is 1.06. The molecule has 2 heterocycles. The van der Waals surface area contributed by atoms with E-state index >= 15 is 0 Å². The van der Waals surface area contributed by atoms with Gasteiger partial charge in [0.25, 0.3) is 0 Å². The molecule has 3 rings (SSSR count). The zero-order valence-electron chi connectivity index (χ0n) is 14.3. The van der Waals surface area contributed by atoms with E-state index in [9.17, 15) is 27.9 Å². The number of ether oxygens (including phenoxy) is 1. The Morgan fingerprint density at radius 3 is 2.68 bits per heavy atom. The van der Waals surface area contributed by atoms with Crippen molar-refractivity contribution in [2.75, 3.05) is 6.61 Å². The number of aromatic nitrogens is 2. The predicted molar refractivity (Wildman–Crippen MR) is 93.2 cm³/mol. The molecule has 0 unspecified atom stereocenters. The van der Waals surface area contributed by atoms with Gasteiger partial charge in [-0.3, -0.25) is 4.79 Å². The summed E-state index contributed by atoms with van der Waals surface area (Å²) in [5, 5.41) is 10.6. The average Bonchev–Trinajstić information content (AvgIpc) is 3.11. The lowest BCUT2D eigenvalue weighted by atomic mass is 10.1. The third-order valence-corrected chi connectivity index (χ3v) is 4.56. The minimum Gasteiger partial charge on any atom is -0.506 e. The van der Waals surface area contributed by atoms with E-state index in [1.165, 1.54) is 19.1 Å². The van der Waals surface area contributed by atoms with Gasteiger partial charge in [-0.25, -0.2) is 9.78 Å². The third kappa shape index (κ3) is 3.65. The Labute approximate surface area is 159 Å². The Kier molecular flexibility index (Phi) is 5.27. The fraction of sp³-hybridized carbons (Fsp3) is 0.235. The van der Waals surface area contributed by atoms with Crippen LogP contribution >= 0.6 is 11.3 Å². The minimum absolute atomic E-state index is 0.0234. The van der Waals surface area contributed by atoms with Gasteiger partial charge < -0.3 is 14.7 Å². The van der Waals surface area contributed by atoms with Gasteiger partial charge in [-0.2, -0.15) is 13.2 Å². The van der Waals surface area contributed by atoms with Crippen LogP contribution in [0.3, 0.4) is 0 Å². The monoisotopic (exact) mass is 414 g/mol. The summed E-state index contributed by atoms with van der Waals surface area (Å²) in [7, 11) is 0. The number of carbonyl (C=O) groups excluding carboxylic acids is 1. The number of rotatable bonds is 5. The molecule has 1 aromatic carbocycles. The molecule has 0 bridgehead atoms. The molecule has 0 amide bonds. The number of fused-ring (bicyclic) bond motifs is 1. The summed E-state index contributed by atoms with van der Waals surface area (Å²) in [5.41, 5.74) is -1.54. The van der Waals surface area contributed by atoms with Crippen LogP contribution in [0.2, 0.25) is 0 Å². The van der Waals surface area contributed by atoms with Crippen molar-refractivity contribution in [1.82, 2.24) is 9.71 Å². The maximum Gasteiger partial charge on any atom is 0.443 e. The highest BCUT2D eigenvalue weighted by atomic mass is 32.1. The van der Waals surface area contributed by atoms with Crippen molar-refractivity contribution >= 4 is 28.2 Å². The number of alkyl halides is 3. The molecule has 0 saturated carbocycles. The number of carbonyl (C=O) groups is 1. The van der Waals surface area contributed by atoms with Crippen LogP contribution in [0.1, 0.15) is 28.0 Å². The SMILES string of the molecule is CCOC(=O)c1c(O)c2ccccc2n(OCc2csc(C(F)(F)F)n2)c1=O. The van der Waals surface area contributed by atoms with E-state index in [-0.39, 0.29) is 23.2 Å². The molecule has 11 heteroatoms. The van der Waals surface area contributed by atoms with Crippen LogP contribution < -0.4 is 10.4 Å². The minimum atomic E-state index is -4.58. The van der Waals surface area contributed by atoms with Crippen molar-refractivity contribution in [2.24, 2.45) is 0 Å². The van der Waals surface area contributed by atoms with Crippen LogP contribution in [0.15, 0.2) is 34.4 Å². The second-order valence-corrected chi connectivity index (χ2v) is 6.33. The largest absolute Gasteiger partial charge is 0.506 e. The van der Waals surface area contributed by atoms with Crippen LogP contribution in [0.5, 0.6) is 5.75 Å². The molecule has 148 valence electrons. The fourth-order valence-electron chi connectivity index (χ4n) is 2.45. The molecule has 1 N–H and O–H groups in total. The molecular weight excluding hydrogens is 401 g/mol. The Bertz CT molecular complexity index is 1090. The highest BCUT2D eigenvalue weighted by molar-refractivity contribution is 7.09. The summed E-state index contributed by atoms with van der Waals surface area (Å²) in [4.78, 5) is 33.5. The molecule has 0 aliphatic carbocycles. The average molecular weight is 414 g/mol. The normalized spacial score (nSPS) is 11.6. The maximum absolute atomic E-state index is 12.7. The number of pyridine rings is 1. The Balaban J connectivity index is 2.03. The Morgan fingerprint density at radius 1 is 1.32 bits per heavy atom. The zero-order chi connectivity index (χ0) is 20.5. The van der Waals surface area contributed by atoms with E-state index in [0.29, 0.717) is 11.3 Å². The summed E-state index contributed by atoms with van der Waals surface area (Å²) in [5.74, 6) is -1.60. The van der Waals surface area contributed by atoms with Crippen LogP contribution in [0.25, 0.3) is 10.9 Å². The molecule has 0 aliphatic heterocycles. The van der Waals surface area contributed by atoms with Gasteiger partial charge >= 0.3 is 17.7 Å². The van der Waals surface area contributed by atoms with Gasteiger partial charge in [-0.05, 0) is 19.1 Å².